The summed E-state index contributed by atoms with van der Waals surface area (Å²) in [6, 6.07) is 13.7. The standard InChI is InChI=1S/C17H15ClFNOS/c18-14-3-1-2-4-15(14)22-16(17(21)20-13-9-10-13)11-5-7-12(19)8-6-11/h1-8,13,16H,9-10H2,(H,20,21). The Hall–Kier alpha value is -1.52. The number of hydrogen-bond donors (Lipinski definition) is 1. The van der Waals surface area contributed by atoms with Gasteiger partial charge in [0.2, 0.25) is 5.91 Å². The molecule has 5 heteroatoms. The van der Waals surface area contributed by atoms with E-state index in [1.165, 1.54) is 23.9 Å². The number of carbonyl (C=O) groups is 1. The second-order valence-corrected chi connectivity index (χ2v) is 6.82. The van der Waals surface area contributed by atoms with Crippen molar-refractivity contribution in [1.82, 2.24) is 5.32 Å². The fraction of sp³-hybridized carbons (Fsp3) is 0.235. The molecule has 0 radical (unpaired) electrons. The largest absolute Gasteiger partial charge is 0.352 e. The molecule has 1 amide bonds. The van der Waals surface area contributed by atoms with Gasteiger partial charge in [0.15, 0.2) is 0 Å². The summed E-state index contributed by atoms with van der Waals surface area (Å²) < 4.78 is 13.1. The molecule has 2 aromatic rings. The number of thioether (sulfide) groups is 1. The van der Waals surface area contributed by atoms with Crippen LogP contribution in [-0.2, 0) is 4.79 Å². The quantitative estimate of drug-likeness (QED) is 0.810. The minimum Gasteiger partial charge on any atom is -0.352 e. The summed E-state index contributed by atoms with van der Waals surface area (Å²) in [5.41, 5.74) is 0.768. The van der Waals surface area contributed by atoms with Crippen LogP contribution in [0, 0.1) is 5.82 Å². The number of rotatable bonds is 5. The van der Waals surface area contributed by atoms with Crippen molar-refractivity contribution in [2.75, 3.05) is 0 Å². The molecule has 0 heterocycles. The molecule has 2 nitrogen and oxygen atoms in total. The first-order valence-corrected chi connectivity index (χ1v) is 8.36. The first-order valence-electron chi connectivity index (χ1n) is 7.10. The molecule has 1 aliphatic rings. The zero-order chi connectivity index (χ0) is 15.5. The summed E-state index contributed by atoms with van der Waals surface area (Å²) in [5, 5.41) is 3.18. The summed E-state index contributed by atoms with van der Waals surface area (Å²) in [7, 11) is 0. The van der Waals surface area contributed by atoms with Crippen molar-refractivity contribution in [3.8, 4) is 0 Å². The van der Waals surface area contributed by atoms with E-state index in [-0.39, 0.29) is 17.8 Å². The Balaban J connectivity index is 1.86. The van der Waals surface area contributed by atoms with E-state index in [0.29, 0.717) is 5.02 Å². The van der Waals surface area contributed by atoms with Gasteiger partial charge in [0, 0.05) is 10.9 Å². The third-order valence-electron chi connectivity index (χ3n) is 3.42. The highest BCUT2D eigenvalue weighted by molar-refractivity contribution is 8.00. The van der Waals surface area contributed by atoms with Crippen molar-refractivity contribution in [2.45, 2.75) is 29.0 Å². The third kappa shape index (κ3) is 3.81. The van der Waals surface area contributed by atoms with Crippen LogP contribution in [0.25, 0.3) is 0 Å². The first-order chi connectivity index (χ1) is 10.6. The van der Waals surface area contributed by atoms with E-state index in [4.69, 9.17) is 11.6 Å². The topological polar surface area (TPSA) is 29.1 Å². The number of amides is 1. The van der Waals surface area contributed by atoms with Crippen LogP contribution in [-0.4, -0.2) is 11.9 Å². The van der Waals surface area contributed by atoms with Crippen molar-refractivity contribution < 1.29 is 9.18 Å². The normalized spacial score (nSPS) is 15.4. The number of halogens is 2. The van der Waals surface area contributed by atoms with Crippen molar-refractivity contribution in [3.05, 3.63) is 64.9 Å². The molecule has 0 saturated heterocycles. The van der Waals surface area contributed by atoms with Gasteiger partial charge in [-0.2, -0.15) is 0 Å². The molecular weight excluding hydrogens is 321 g/mol. The van der Waals surface area contributed by atoms with Crippen LogP contribution in [0.3, 0.4) is 0 Å². The molecule has 0 aliphatic heterocycles. The van der Waals surface area contributed by atoms with E-state index in [2.05, 4.69) is 5.32 Å². The highest BCUT2D eigenvalue weighted by atomic mass is 35.5. The predicted molar refractivity (Wildman–Crippen MR) is 87.6 cm³/mol. The smallest absolute Gasteiger partial charge is 0.238 e. The molecule has 1 atom stereocenters. The van der Waals surface area contributed by atoms with Gasteiger partial charge in [-0.1, -0.05) is 35.9 Å². The average molecular weight is 336 g/mol. The van der Waals surface area contributed by atoms with Crippen LogP contribution in [0.15, 0.2) is 53.4 Å². The first kappa shape index (κ1) is 15.4. The number of hydrogen-bond acceptors (Lipinski definition) is 2. The van der Waals surface area contributed by atoms with Gasteiger partial charge < -0.3 is 5.32 Å². The molecule has 1 aliphatic carbocycles. The lowest BCUT2D eigenvalue weighted by molar-refractivity contribution is -0.120. The SMILES string of the molecule is O=C(NC1CC1)C(Sc1ccccc1Cl)c1ccc(F)cc1. The van der Waals surface area contributed by atoms with E-state index in [9.17, 15) is 9.18 Å². The van der Waals surface area contributed by atoms with Gasteiger partial charge in [-0.15, -0.1) is 11.8 Å². The van der Waals surface area contributed by atoms with Gasteiger partial charge >= 0.3 is 0 Å². The Labute approximate surface area is 138 Å². The molecule has 0 spiro atoms. The van der Waals surface area contributed by atoms with E-state index in [1.54, 1.807) is 18.2 Å². The third-order valence-corrected chi connectivity index (χ3v) is 5.19. The number of benzene rings is 2. The van der Waals surface area contributed by atoms with E-state index in [0.717, 1.165) is 23.3 Å². The molecule has 1 saturated carbocycles. The summed E-state index contributed by atoms with van der Waals surface area (Å²) in [6.45, 7) is 0. The van der Waals surface area contributed by atoms with Gasteiger partial charge in [-0.3, -0.25) is 4.79 Å². The zero-order valence-corrected chi connectivity index (χ0v) is 13.3. The maximum Gasteiger partial charge on any atom is 0.238 e. The molecule has 22 heavy (non-hydrogen) atoms. The van der Waals surface area contributed by atoms with Crippen LogP contribution in [0.2, 0.25) is 5.02 Å². The van der Waals surface area contributed by atoms with Crippen molar-refractivity contribution in [3.63, 3.8) is 0 Å². The fourth-order valence-electron chi connectivity index (χ4n) is 2.08. The fourth-order valence-corrected chi connectivity index (χ4v) is 3.41. The maximum atomic E-state index is 13.1. The second-order valence-electron chi connectivity index (χ2n) is 5.26. The lowest BCUT2D eigenvalue weighted by Crippen LogP contribution is -2.29. The summed E-state index contributed by atoms with van der Waals surface area (Å²) in [6.07, 6.45) is 2.05. The Kier molecular flexibility index (Phi) is 4.69. The summed E-state index contributed by atoms with van der Waals surface area (Å²) >= 11 is 7.58. The number of nitrogens with one attached hydrogen (secondary N) is 1. The van der Waals surface area contributed by atoms with Crippen molar-refractivity contribution in [1.29, 1.82) is 0 Å². The Bertz CT molecular complexity index is 673. The molecule has 1 fully saturated rings. The Morgan fingerprint density at radius 3 is 2.50 bits per heavy atom. The van der Waals surface area contributed by atoms with Gasteiger partial charge in [0.25, 0.3) is 0 Å². The van der Waals surface area contributed by atoms with Gasteiger partial charge in [-0.25, -0.2) is 4.39 Å². The summed E-state index contributed by atoms with van der Waals surface area (Å²) in [4.78, 5) is 13.4. The van der Waals surface area contributed by atoms with Crippen LogP contribution in [0.1, 0.15) is 23.7 Å². The van der Waals surface area contributed by atoms with Crippen LogP contribution in [0.5, 0.6) is 0 Å². The van der Waals surface area contributed by atoms with Gasteiger partial charge in [0.05, 0.1) is 5.02 Å². The zero-order valence-electron chi connectivity index (χ0n) is 11.8. The number of carbonyl (C=O) groups excluding carboxylic acids is 1. The van der Waals surface area contributed by atoms with Crippen LogP contribution in [0.4, 0.5) is 4.39 Å². The molecule has 1 unspecified atom stereocenters. The molecular formula is C17H15ClFNOS. The molecule has 0 bridgehead atoms. The van der Waals surface area contributed by atoms with Crippen molar-refractivity contribution >= 4 is 29.3 Å². The molecule has 3 rings (SSSR count). The highest BCUT2D eigenvalue weighted by Gasteiger charge is 2.29. The Morgan fingerprint density at radius 1 is 1.18 bits per heavy atom. The van der Waals surface area contributed by atoms with E-state index < -0.39 is 5.25 Å². The Morgan fingerprint density at radius 2 is 1.86 bits per heavy atom. The van der Waals surface area contributed by atoms with Crippen LogP contribution >= 0.6 is 23.4 Å². The average Bonchev–Trinajstić information content (AvgIpc) is 3.31. The molecule has 1 N–H and O–H groups in total. The van der Waals surface area contributed by atoms with Gasteiger partial charge in [-0.05, 0) is 42.7 Å². The maximum absolute atomic E-state index is 13.1. The summed E-state index contributed by atoms with van der Waals surface area (Å²) in [5.74, 6) is -0.369. The lowest BCUT2D eigenvalue weighted by Gasteiger charge is -2.17. The predicted octanol–water partition coefficient (Wildman–Crippen LogP) is 4.59. The monoisotopic (exact) mass is 335 g/mol. The molecule has 0 aromatic heterocycles. The highest BCUT2D eigenvalue weighted by Crippen LogP contribution is 2.39. The van der Waals surface area contributed by atoms with Gasteiger partial charge in [0.1, 0.15) is 11.1 Å². The second kappa shape index (κ2) is 6.71. The van der Waals surface area contributed by atoms with E-state index in [1.807, 2.05) is 18.2 Å². The van der Waals surface area contributed by atoms with E-state index >= 15 is 0 Å². The molecule has 2 aromatic carbocycles. The lowest BCUT2D eigenvalue weighted by atomic mass is 10.1. The molecule has 114 valence electrons. The van der Waals surface area contributed by atoms with Crippen molar-refractivity contribution in [2.24, 2.45) is 0 Å². The van der Waals surface area contributed by atoms with Crippen LogP contribution < -0.4 is 5.32 Å². The minimum absolute atomic E-state index is 0.0565. The minimum atomic E-state index is -0.443.